The van der Waals surface area contributed by atoms with E-state index < -0.39 is 0 Å². The molecular weight excluding hydrogens is 356 g/mol. The molecular formula is C21H28N4O3+2. The number of hydrogen-bond donors (Lipinski definition) is 1. The van der Waals surface area contributed by atoms with Gasteiger partial charge in [-0.25, -0.2) is 4.98 Å². The molecule has 0 aliphatic carbocycles. The van der Waals surface area contributed by atoms with E-state index in [9.17, 15) is 4.79 Å². The lowest BCUT2D eigenvalue weighted by molar-refractivity contribution is -0.892. The third-order valence-electron chi connectivity index (χ3n) is 5.38. The molecule has 2 aliphatic rings. The highest BCUT2D eigenvalue weighted by molar-refractivity contribution is 5.76. The van der Waals surface area contributed by atoms with Crippen molar-refractivity contribution in [1.29, 1.82) is 0 Å². The maximum atomic E-state index is 12.7. The lowest BCUT2D eigenvalue weighted by Crippen LogP contribution is -3.16. The van der Waals surface area contributed by atoms with Crippen LogP contribution in [-0.4, -0.2) is 69.8 Å². The molecule has 1 amide bonds. The number of quaternary nitrogens is 1. The van der Waals surface area contributed by atoms with Crippen LogP contribution in [-0.2, 0) is 4.79 Å². The van der Waals surface area contributed by atoms with Crippen molar-refractivity contribution in [3.05, 3.63) is 48.7 Å². The van der Waals surface area contributed by atoms with Gasteiger partial charge in [-0.2, -0.15) is 0 Å². The minimum Gasteiger partial charge on any atom is -0.486 e. The van der Waals surface area contributed by atoms with E-state index in [-0.39, 0.29) is 12.0 Å². The number of piperazine rings is 1. The first-order chi connectivity index (χ1) is 13.7. The summed E-state index contributed by atoms with van der Waals surface area (Å²) >= 11 is 0. The number of nitrogens with one attached hydrogen (secondary N) is 2. The Morgan fingerprint density at radius 1 is 1.18 bits per heavy atom. The first-order valence-electron chi connectivity index (χ1n) is 9.87. The van der Waals surface area contributed by atoms with E-state index in [0.717, 1.165) is 43.5 Å². The van der Waals surface area contributed by atoms with Crippen LogP contribution < -0.4 is 24.3 Å². The number of H-pyrrole nitrogens is 1. The number of nitrogens with zero attached hydrogens (tertiary/aromatic N) is 2. The molecule has 0 unspecified atom stereocenters. The second kappa shape index (κ2) is 8.48. The average molecular weight is 384 g/mol. The second-order valence-electron chi connectivity index (χ2n) is 7.43. The zero-order valence-electron chi connectivity index (χ0n) is 16.3. The van der Waals surface area contributed by atoms with Crippen LogP contribution >= 0.6 is 0 Å². The molecule has 1 aromatic heterocycles. The number of pyridine rings is 1. The smallest absolute Gasteiger partial charge is 0.277 e. The standard InChI is InChI=1S/C21H26N4O3/c1-23(14-17-16-27-18-6-2-3-7-19(18)28-17)21(26)15-24-10-12-25(13-11-24)20-8-4-5-9-22-20/h2-9,17H,10-16H2,1H3/p+2/t17-/m1/s1. The van der Waals surface area contributed by atoms with Crippen molar-refractivity contribution >= 4 is 11.7 Å². The number of fused-ring (bicyclic) bond motifs is 1. The van der Waals surface area contributed by atoms with Crippen molar-refractivity contribution in [3.63, 3.8) is 0 Å². The van der Waals surface area contributed by atoms with Gasteiger partial charge in [-0.3, -0.25) is 9.69 Å². The van der Waals surface area contributed by atoms with Crippen LogP contribution in [0.3, 0.4) is 0 Å². The predicted molar refractivity (Wildman–Crippen MR) is 105 cm³/mol. The molecule has 0 saturated carbocycles. The summed E-state index contributed by atoms with van der Waals surface area (Å²) in [6.07, 6.45) is 1.81. The molecule has 2 N–H and O–H groups in total. The number of amides is 1. The molecule has 2 aromatic rings. The first-order valence-corrected chi connectivity index (χ1v) is 9.87. The van der Waals surface area contributed by atoms with Crippen LogP contribution in [0.2, 0.25) is 0 Å². The van der Waals surface area contributed by atoms with E-state index >= 15 is 0 Å². The highest BCUT2D eigenvalue weighted by atomic mass is 16.6. The Morgan fingerprint density at radius 3 is 2.68 bits per heavy atom. The van der Waals surface area contributed by atoms with Gasteiger partial charge in [0.05, 0.1) is 12.7 Å². The number of para-hydroxylation sites is 2. The van der Waals surface area contributed by atoms with Crippen molar-refractivity contribution in [2.45, 2.75) is 6.10 Å². The topological polar surface area (TPSA) is 60.6 Å². The van der Waals surface area contributed by atoms with Gasteiger partial charge in [-0.15, -0.1) is 0 Å². The summed E-state index contributed by atoms with van der Waals surface area (Å²) in [5.74, 6) is 2.81. The lowest BCUT2D eigenvalue weighted by Gasteiger charge is -2.31. The highest BCUT2D eigenvalue weighted by Gasteiger charge is 2.29. The Labute approximate surface area is 165 Å². The molecule has 1 fully saturated rings. The summed E-state index contributed by atoms with van der Waals surface area (Å²) in [7, 11) is 1.85. The molecule has 0 spiro atoms. The Balaban J connectivity index is 1.23. The number of hydrogen-bond acceptors (Lipinski definition) is 4. The molecule has 1 atom stereocenters. The van der Waals surface area contributed by atoms with E-state index in [4.69, 9.17) is 9.47 Å². The van der Waals surface area contributed by atoms with Crippen molar-refractivity contribution in [2.24, 2.45) is 0 Å². The summed E-state index contributed by atoms with van der Waals surface area (Å²) < 4.78 is 11.7. The normalized spacial score (nSPS) is 19.3. The van der Waals surface area contributed by atoms with E-state index in [0.29, 0.717) is 19.7 Å². The number of ether oxygens (including phenoxy) is 2. The van der Waals surface area contributed by atoms with Crippen molar-refractivity contribution in [2.75, 3.05) is 57.8 Å². The Hall–Kier alpha value is -2.80. The van der Waals surface area contributed by atoms with Crippen LogP contribution in [0.15, 0.2) is 48.7 Å². The molecule has 2 aliphatic heterocycles. The van der Waals surface area contributed by atoms with Gasteiger partial charge in [0, 0.05) is 13.1 Å². The molecule has 148 valence electrons. The zero-order valence-corrected chi connectivity index (χ0v) is 16.3. The third kappa shape index (κ3) is 4.36. The summed E-state index contributed by atoms with van der Waals surface area (Å²) in [4.78, 5) is 21.4. The Morgan fingerprint density at radius 2 is 1.93 bits per heavy atom. The van der Waals surface area contributed by atoms with Crippen molar-refractivity contribution < 1.29 is 24.2 Å². The van der Waals surface area contributed by atoms with E-state index in [2.05, 4.69) is 16.0 Å². The molecule has 1 saturated heterocycles. The van der Waals surface area contributed by atoms with Crippen LogP contribution in [0, 0.1) is 0 Å². The predicted octanol–water partition coefficient (Wildman–Crippen LogP) is -0.496. The monoisotopic (exact) mass is 384 g/mol. The number of rotatable bonds is 5. The number of carbonyl (C=O) groups is 1. The Bertz CT molecular complexity index is 793. The number of benzene rings is 1. The molecule has 4 rings (SSSR count). The molecule has 0 bridgehead atoms. The number of aromatic amines is 1. The summed E-state index contributed by atoms with van der Waals surface area (Å²) in [6.45, 7) is 5.33. The second-order valence-corrected chi connectivity index (χ2v) is 7.43. The maximum absolute atomic E-state index is 12.7. The fraction of sp³-hybridized carbons (Fsp3) is 0.429. The van der Waals surface area contributed by atoms with E-state index in [1.807, 2.05) is 49.6 Å². The molecule has 7 nitrogen and oxygen atoms in total. The van der Waals surface area contributed by atoms with Gasteiger partial charge in [0.15, 0.2) is 24.1 Å². The van der Waals surface area contributed by atoms with E-state index in [1.54, 1.807) is 4.90 Å². The minimum absolute atomic E-state index is 0.135. The third-order valence-corrected chi connectivity index (χ3v) is 5.38. The van der Waals surface area contributed by atoms with Crippen LogP contribution in [0.1, 0.15) is 0 Å². The largest absolute Gasteiger partial charge is 0.486 e. The van der Waals surface area contributed by atoms with Gasteiger partial charge in [-0.1, -0.05) is 18.2 Å². The molecule has 7 heteroatoms. The highest BCUT2D eigenvalue weighted by Crippen LogP contribution is 2.30. The zero-order chi connectivity index (χ0) is 19.3. The quantitative estimate of drug-likeness (QED) is 0.756. The molecule has 28 heavy (non-hydrogen) atoms. The number of anilines is 1. The SMILES string of the molecule is CN(C[C@@H]1COc2ccccc2O1)C(=O)C[NH+]1CCN(c2cccc[nH+]2)CC1. The lowest BCUT2D eigenvalue weighted by atomic mass is 10.2. The molecule has 0 radical (unpaired) electrons. The van der Waals surface area contributed by atoms with E-state index in [1.165, 1.54) is 4.90 Å². The summed E-state index contributed by atoms with van der Waals surface area (Å²) in [5, 5.41) is 0. The number of aromatic nitrogens is 1. The van der Waals surface area contributed by atoms with Gasteiger partial charge in [0.2, 0.25) is 0 Å². The Kier molecular flexibility index (Phi) is 5.62. The molecule has 1 aromatic carbocycles. The number of likely N-dealkylation sites (N-methyl/N-ethyl adjacent to an activating group) is 1. The van der Waals surface area contributed by atoms with Gasteiger partial charge < -0.3 is 19.3 Å². The number of carbonyl (C=O) groups excluding carboxylic acids is 1. The summed E-state index contributed by atoms with van der Waals surface area (Å²) in [5.41, 5.74) is 0. The molecule has 3 heterocycles. The van der Waals surface area contributed by atoms with Gasteiger partial charge >= 0.3 is 0 Å². The van der Waals surface area contributed by atoms with Crippen molar-refractivity contribution in [1.82, 2.24) is 4.90 Å². The minimum atomic E-state index is -0.135. The fourth-order valence-corrected chi connectivity index (χ4v) is 3.73. The fourth-order valence-electron chi connectivity index (χ4n) is 3.73. The summed E-state index contributed by atoms with van der Waals surface area (Å²) in [6, 6.07) is 13.8. The average Bonchev–Trinajstić information content (AvgIpc) is 2.75. The van der Waals surface area contributed by atoms with Crippen molar-refractivity contribution in [3.8, 4) is 11.5 Å². The van der Waals surface area contributed by atoms with Crippen LogP contribution in [0.5, 0.6) is 11.5 Å². The van der Waals surface area contributed by atoms with Crippen LogP contribution in [0.25, 0.3) is 0 Å². The first kappa shape index (κ1) is 18.6. The van der Waals surface area contributed by atoms with Gasteiger partial charge in [0.25, 0.3) is 11.7 Å². The van der Waals surface area contributed by atoms with Gasteiger partial charge in [-0.05, 0) is 18.2 Å². The van der Waals surface area contributed by atoms with Crippen LogP contribution in [0.4, 0.5) is 5.82 Å². The van der Waals surface area contributed by atoms with Gasteiger partial charge in [0.1, 0.15) is 32.8 Å². The maximum Gasteiger partial charge on any atom is 0.277 e.